The number of fused-ring (bicyclic) bond motifs is 1. The number of likely N-dealkylation sites (N-methyl/N-ethyl adjacent to an activating group) is 1. The van der Waals surface area contributed by atoms with Crippen LogP contribution in [-0.4, -0.2) is 83.5 Å². The Bertz CT molecular complexity index is 1640. The van der Waals surface area contributed by atoms with Gasteiger partial charge in [-0.1, -0.05) is 11.6 Å². The lowest BCUT2D eigenvalue weighted by Crippen LogP contribution is -2.56. The predicted molar refractivity (Wildman–Crippen MR) is 154 cm³/mol. The number of pyridine rings is 1. The van der Waals surface area contributed by atoms with Gasteiger partial charge in [-0.2, -0.15) is 23.1 Å². The third-order valence-electron chi connectivity index (χ3n) is 9.64. The van der Waals surface area contributed by atoms with E-state index in [9.17, 15) is 17.6 Å². The smallest absolute Gasteiger partial charge is 0.418 e. The number of anilines is 2. The molecule has 0 radical (unpaired) electrons. The molecule has 0 unspecified atom stereocenters. The average Bonchev–Trinajstić information content (AvgIpc) is 3.46. The summed E-state index contributed by atoms with van der Waals surface area (Å²) in [5.41, 5.74) is 1.78. The number of nitrogens with two attached hydrogens (primary N) is 1. The number of hydrogen-bond acceptors (Lipinski definition) is 9. The van der Waals surface area contributed by atoms with Gasteiger partial charge < -0.3 is 25.4 Å². The normalized spacial score (nSPS) is 24.9. The van der Waals surface area contributed by atoms with E-state index in [1.807, 2.05) is 11.9 Å². The molecule has 3 aromatic rings. The summed E-state index contributed by atoms with van der Waals surface area (Å²) in [6.45, 7) is 2.67. The zero-order chi connectivity index (χ0) is 31.0. The van der Waals surface area contributed by atoms with Gasteiger partial charge in [0.05, 0.1) is 21.7 Å². The molecule has 3 saturated heterocycles. The highest BCUT2D eigenvalue weighted by Gasteiger charge is 2.50. The molecule has 0 aliphatic carbocycles. The van der Waals surface area contributed by atoms with Crippen LogP contribution in [0.4, 0.5) is 33.5 Å². The maximum absolute atomic E-state index is 16.6. The van der Waals surface area contributed by atoms with Crippen molar-refractivity contribution in [3.05, 3.63) is 28.5 Å². The highest BCUT2D eigenvalue weighted by molar-refractivity contribution is 6.32. The minimum Gasteiger partial charge on any atom is -0.475 e. The summed E-state index contributed by atoms with van der Waals surface area (Å²) in [6, 6.07) is 1.77. The van der Waals surface area contributed by atoms with E-state index in [1.165, 1.54) is 0 Å². The van der Waals surface area contributed by atoms with Crippen molar-refractivity contribution in [2.24, 2.45) is 0 Å². The number of nitrogens with one attached hydrogen (secondary N) is 1. The van der Waals surface area contributed by atoms with E-state index in [1.54, 1.807) is 0 Å². The summed E-state index contributed by atoms with van der Waals surface area (Å²) in [7, 11) is 1.82. The van der Waals surface area contributed by atoms with E-state index in [0.717, 1.165) is 31.5 Å². The number of benzene rings is 1. The van der Waals surface area contributed by atoms with Crippen molar-refractivity contribution in [1.29, 1.82) is 0 Å². The van der Waals surface area contributed by atoms with Gasteiger partial charge in [-0.05, 0) is 57.5 Å². The topological polar surface area (TPSA) is 102 Å². The van der Waals surface area contributed by atoms with E-state index in [2.05, 4.69) is 20.2 Å². The Morgan fingerprint density at radius 2 is 1.95 bits per heavy atom. The van der Waals surface area contributed by atoms with Crippen LogP contribution in [0.1, 0.15) is 37.7 Å². The molecular formula is C29H31ClF5N7O2. The van der Waals surface area contributed by atoms with E-state index in [0.29, 0.717) is 38.9 Å². The third kappa shape index (κ3) is 4.67. The largest absolute Gasteiger partial charge is 0.475 e. The molecule has 0 bridgehead atoms. The summed E-state index contributed by atoms with van der Waals surface area (Å²) in [4.78, 5) is 17.3. The lowest BCUT2D eigenvalue weighted by molar-refractivity contribution is -0.137. The number of nitrogens with zero attached hydrogens (tertiary/aromatic N) is 5. The maximum atomic E-state index is 16.6. The number of nitrogen functional groups attached to an aromatic ring is 1. The molecule has 4 aliphatic heterocycles. The van der Waals surface area contributed by atoms with E-state index < -0.39 is 51.1 Å². The molecule has 44 heavy (non-hydrogen) atoms. The first-order chi connectivity index (χ1) is 20.9. The fraction of sp³-hybridized carbons (Fsp3) is 0.552. The predicted octanol–water partition coefficient (Wildman–Crippen LogP) is 4.99. The van der Waals surface area contributed by atoms with Crippen molar-refractivity contribution >= 4 is 34.0 Å². The molecule has 2 aromatic heterocycles. The van der Waals surface area contributed by atoms with Gasteiger partial charge in [0, 0.05) is 31.3 Å². The van der Waals surface area contributed by atoms with Crippen LogP contribution < -0.4 is 25.4 Å². The second-order valence-electron chi connectivity index (χ2n) is 12.2. The SMILES string of the molecule is CN1c2nc(OC[C@@]34CCCN3C[C@H](F)C4)nc3c(F)c(-c4cc(N)cc(Cl)c4C(F)(F)F)nc(c23)OCC12CCNCC2. The highest BCUT2D eigenvalue weighted by Crippen LogP contribution is 2.48. The molecule has 2 atom stereocenters. The molecular weight excluding hydrogens is 609 g/mol. The number of halogens is 6. The van der Waals surface area contributed by atoms with Crippen molar-refractivity contribution in [3.8, 4) is 23.1 Å². The van der Waals surface area contributed by atoms with Crippen molar-refractivity contribution in [3.63, 3.8) is 0 Å². The van der Waals surface area contributed by atoms with Gasteiger partial charge in [0.25, 0.3) is 0 Å². The zero-order valence-electron chi connectivity index (χ0n) is 23.9. The van der Waals surface area contributed by atoms with Crippen LogP contribution in [0.5, 0.6) is 11.9 Å². The Morgan fingerprint density at radius 3 is 2.70 bits per heavy atom. The first-order valence-corrected chi connectivity index (χ1v) is 15.0. The van der Waals surface area contributed by atoms with E-state index in [-0.39, 0.29) is 47.5 Å². The quantitative estimate of drug-likeness (QED) is 0.302. The number of alkyl halides is 4. The molecule has 6 heterocycles. The van der Waals surface area contributed by atoms with Crippen LogP contribution in [0.2, 0.25) is 5.02 Å². The molecule has 3 fully saturated rings. The Morgan fingerprint density at radius 1 is 1.18 bits per heavy atom. The van der Waals surface area contributed by atoms with Gasteiger partial charge in [-0.15, -0.1) is 0 Å². The third-order valence-corrected chi connectivity index (χ3v) is 9.93. The molecule has 9 nitrogen and oxygen atoms in total. The van der Waals surface area contributed by atoms with Gasteiger partial charge in [-0.3, -0.25) is 4.90 Å². The number of ether oxygens (including phenoxy) is 2. The van der Waals surface area contributed by atoms with Crippen LogP contribution in [0.3, 0.4) is 0 Å². The van der Waals surface area contributed by atoms with E-state index >= 15 is 4.39 Å². The van der Waals surface area contributed by atoms with Gasteiger partial charge in [0.1, 0.15) is 41.8 Å². The summed E-state index contributed by atoms with van der Waals surface area (Å²) in [6.07, 6.45) is -2.66. The zero-order valence-corrected chi connectivity index (χ0v) is 24.7. The summed E-state index contributed by atoms with van der Waals surface area (Å²) >= 11 is 6.00. The fourth-order valence-electron chi connectivity index (χ4n) is 7.34. The molecule has 0 saturated carbocycles. The first kappa shape index (κ1) is 29.5. The highest BCUT2D eigenvalue weighted by atomic mass is 35.5. The van der Waals surface area contributed by atoms with Crippen LogP contribution in [0.15, 0.2) is 12.1 Å². The Labute approximate surface area is 254 Å². The van der Waals surface area contributed by atoms with Gasteiger partial charge in [0.15, 0.2) is 5.82 Å². The minimum absolute atomic E-state index is 0.0864. The maximum Gasteiger partial charge on any atom is 0.418 e. The van der Waals surface area contributed by atoms with Crippen LogP contribution in [0, 0.1) is 5.82 Å². The van der Waals surface area contributed by atoms with Gasteiger partial charge in [-0.25, -0.2) is 13.8 Å². The monoisotopic (exact) mass is 639 g/mol. The number of aromatic nitrogens is 3. The van der Waals surface area contributed by atoms with Gasteiger partial charge >= 0.3 is 12.2 Å². The standard InChI is InChI=1S/C29H31ClF5N7O2/c1-41-24-19-23(39-26(40-24)44-14-28-3-2-8-42(28)12-15(31)11-28)21(32)22(17-9-16(36)10-18(30)20(17)29(33,34)35)38-25(19)43-13-27(41)4-6-37-7-5-27/h9-10,15,37H,2-8,11-14,36H2,1H3/t15-,28+/m1/s1. The summed E-state index contributed by atoms with van der Waals surface area (Å²) in [5.74, 6) is -0.953. The van der Waals surface area contributed by atoms with Crippen LogP contribution in [-0.2, 0) is 6.18 Å². The molecule has 0 amide bonds. The molecule has 236 valence electrons. The molecule has 1 spiro atoms. The van der Waals surface area contributed by atoms with Crippen molar-refractivity contribution < 1.29 is 31.4 Å². The molecule has 4 aliphatic rings. The van der Waals surface area contributed by atoms with Crippen LogP contribution >= 0.6 is 11.6 Å². The number of rotatable bonds is 4. The van der Waals surface area contributed by atoms with E-state index in [4.69, 9.17) is 31.8 Å². The van der Waals surface area contributed by atoms with Gasteiger partial charge in [0.2, 0.25) is 5.88 Å². The Kier molecular flexibility index (Phi) is 6.98. The average molecular weight is 640 g/mol. The van der Waals surface area contributed by atoms with Crippen LogP contribution in [0.25, 0.3) is 22.2 Å². The number of hydrogen-bond donors (Lipinski definition) is 2. The number of piperidine rings is 1. The lowest BCUT2D eigenvalue weighted by Gasteiger charge is -2.43. The van der Waals surface area contributed by atoms with Crippen molar-refractivity contribution in [1.82, 2.24) is 25.2 Å². The Hall–Kier alpha value is -3.23. The first-order valence-electron chi connectivity index (χ1n) is 14.6. The fourth-order valence-corrected chi connectivity index (χ4v) is 7.67. The summed E-state index contributed by atoms with van der Waals surface area (Å²) < 4.78 is 86.0. The second kappa shape index (κ2) is 10.4. The second-order valence-corrected chi connectivity index (χ2v) is 12.6. The molecule has 7 rings (SSSR count). The summed E-state index contributed by atoms with van der Waals surface area (Å²) in [5, 5.41) is 2.75. The Balaban J connectivity index is 1.41. The molecule has 15 heteroatoms. The van der Waals surface area contributed by atoms with Crippen molar-refractivity contribution in [2.75, 3.05) is 57.1 Å². The molecule has 3 N–H and O–H groups in total. The molecule has 1 aromatic carbocycles. The lowest BCUT2D eigenvalue weighted by atomic mass is 9.87. The minimum atomic E-state index is -4.94. The van der Waals surface area contributed by atoms with Crippen molar-refractivity contribution in [2.45, 2.75) is 55.5 Å².